The van der Waals surface area contributed by atoms with E-state index in [9.17, 15) is 4.79 Å². The summed E-state index contributed by atoms with van der Waals surface area (Å²) in [6.07, 6.45) is 2.66. The lowest BCUT2D eigenvalue weighted by molar-refractivity contribution is -0.120. The second-order valence-corrected chi connectivity index (χ2v) is 7.02. The summed E-state index contributed by atoms with van der Waals surface area (Å²) in [7, 11) is 0. The van der Waals surface area contributed by atoms with Gasteiger partial charge in [-0.2, -0.15) is 0 Å². The first kappa shape index (κ1) is 16.9. The lowest BCUT2D eigenvalue weighted by Gasteiger charge is -2.30. The predicted octanol–water partition coefficient (Wildman–Crippen LogP) is 3.73. The van der Waals surface area contributed by atoms with Gasteiger partial charge in [-0.05, 0) is 43.9 Å². The van der Waals surface area contributed by atoms with Crippen LogP contribution >= 0.6 is 11.8 Å². The van der Waals surface area contributed by atoms with Gasteiger partial charge in [-0.1, -0.05) is 37.7 Å². The number of hydrogen-bond donors (Lipinski definition) is 2. The zero-order valence-corrected chi connectivity index (χ0v) is 14.4. The zero-order chi connectivity index (χ0) is 16.2. The van der Waals surface area contributed by atoms with Crippen LogP contribution in [0.3, 0.4) is 0 Å². The molecule has 1 heterocycles. The van der Waals surface area contributed by atoms with Crippen LogP contribution in [0.15, 0.2) is 29.3 Å². The molecule has 1 aliphatic heterocycles. The highest BCUT2D eigenvalue weighted by Gasteiger charge is 2.29. The number of thioether (sulfide) groups is 1. The first-order valence-electron chi connectivity index (χ1n) is 7.88. The van der Waals surface area contributed by atoms with Crippen molar-refractivity contribution in [3.8, 4) is 0 Å². The Hall–Kier alpha value is -1.49. The van der Waals surface area contributed by atoms with Crippen LogP contribution in [0, 0.1) is 5.92 Å². The summed E-state index contributed by atoms with van der Waals surface area (Å²) in [5, 5.41) is 3.67. The van der Waals surface area contributed by atoms with Crippen molar-refractivity contribution in [3.05, 3.63) is 29.8 Å². The highest BCUT2D eigenvalue weighted by Crippen LogP contribution is 2.35. The van der Waals surface area contributed by atoms with E-state index in [1.54, 1.807) is 11.8 Å². The SMILES string of the molecule is CCC(CC)C(=O)Nc1cccc(C2(C)CCSC(N)=N2)c1. The zero-order valence-electron chi connectivity index (χ0n) is 13.6. The number of carbonyl (C=O) groups excluding carboxylic acids is 1. The number of benzene rings is 1. The minimum absolute atomic E-state index is 0.0685. The van der Waals surface area contributed by atoms with E-state index < -0.39 is 0 Å². The van der Waals surface area contributed by atoms with Gasteiger partial charge in [0.1, 0.15) is 0 Å². The van der Waals surface area contributed by atoms with Crippen LogP contribution in [0.4, 0.5) is 5.69 Å². The number of amides is 1. The smallest absolute Gasteiger partial charge is 0.227 e. The molecule has 1 aliphatic rings. The molecule has 0 fully saturated rings. The maximum Gasteiger partial charge on any atom is 0.227 e. The largest absolute Gasteiger partial charge is 0.379 e. The summed E-state index contributed by atoms with van der Waals surface area (Å²) in [5.41, 5.74) is 7.52. The Morgan fingerprint density at radius 2 is 2.18 bits per heavy atom. The van der Waals surface area contributed by atoms with Gasteiger partial charge in [-0.3, -0.25) is 9.79 Å². The number of nitrogens with one attached hydrogen (secondary N) is 1. The topological polar surface area (TPSA) is 67.5 Å². The van der Waals surface area contributed by atoms with E-state index in [0.717, 1.165) is 36.3 Å². The maximum atomic E-state index is 12.2. The Balaban J connectivity index is 2.20. The van der Waals surface area contributed by atoms with E-state index in [2.05, 4.69) is 23.3 Å². The number of anilines is 1. The number of amidine groups is 1. The third-order valence-corrected chi connectivity index (χ3v) is 5.10. The summed E-state index contributed by atoms with van der Waals surface area (Å²) >= 11 is 1.60. The molecule has 0 aromatic heterocycles. The quantitative estimate of drug-likeness (QED) is 0.869. The molecule has 0 radical (unpaired) electrons. The molecule has 4 nitrogen and oxygen atoms in total. The second kappa shape index (κ2) is 7.18. The van der Waals surface area contributed by atoms with Gasteiger partial charge in [0, 0.05) is 17.4 Å². The summed E-state index contributed by atoms with van der Waals surface area (Å²) in [5.74, 6) is 1.13. The summed E-state index contributed by atoms with van der Waals surface area (Å²) in [6, 6.07) is 7.97. The fourth-order valence-corrected chi connectivity index (χ4v) is 3.71. The monoisotopic (exact) mass is 319 g/mol. The van der Waals surface area contributed by atoms with E-state index >= 15 is 0 Å². The molecule has 0 saturated carbocycles. The first-order valence-corrected chi connectivity index (χ1v) is 8.86. The van der Waals surface area contributed by atoms with E-state index in [1.807, 2.05) is 32.0 Å². The first-order chi connectivity index (χ1) is 10.5. The van der Waals surface area contributed by atoms with Crippen molar-refractivity contribution in [2.75, 3.05) is 11.1 Å². The number of nitrogens with zero attached hydrogens (tertiary/aromatic N) is 1. The van der Waals surface area contributed by atoms with E-state index in [0.29, 0.717) is 5.17 Å². The van der Waals surface area contributed by atoms with Gasteiger partial charge in [0.05, 0.1) is 5.54 Å². The van der Waals surface area contributed by atoms with Crippen molar-refractivity contribution in [1.82, 2.24) is 0 Å². The van der Waals surface area contributed by atoms with E-state index in [1.165, 1.54) is 0 Å². The average Bonchev–Trinajstić information content (AvgIpc) is 2.48. The van der Waals surface area contributed by atoms with Gasteiger partial charge in [0.25, 0.3) is 0 Å². The van der Waals surface area contributed by atoms with Crippen molar-refractivity contribution >= 4 is 28.5 Å². The third kappa shape index (κ3) is 3.83. The van der Waals surface area contributed by atoms with E-state index in [-0.39, 0.29) is 17.4 Å². The third-order valence-electron chi connectivity index (χ3n) is 4.30. The Labute approximate surface area is 137 Å². The van der Waals surface area contributed by atoms with Gasteiger partial charge in [-0.15, -0.1) is 0 Å². The Bertz CT molecular complexity index is 569. The molecule has 1 atom stereocenters. The molecule has 0 spiro atoms. The molecule has 1 unspecified atom stereocenters. The fourth-order valence-electron chi connectivity index (χ4n) is 2.73. The molecule has 0 saturated heterocycles. The Morgan fingerprint density at radius 1 is 1.45 bits per heavy atom. The summed E-state index contributed by atoms with van der Waals surface area (Å²) in [4.78, 5) is 16.8. The second-order valence-electron chi connectivity index (χ2n) is 5.91. The molecule has 120 valence electrons. The van der Waals surface area contributed by atoms with Crippen LogP contribution in [0.2, 0.25) is 0 Å². The normalized spacial score (nSPS) is 21.5. The molecular weight excluding hydrogens is 294 g/mol. The van der Waals surface area contributed by atoms with Crippen molar-refractivity contribution in [3.63, 3.8) is 0 Å². The van der Waals surface area contributed by atoms with Crippen molar-refractivity contribution < 1.29 is 4.79 Å². The number of aliphatic imine (C=N–C) groups is 1. The molecule has 1 aromatic rings. The van der Waals surface area contributed by atoms with Crippen molar-refractivity contribution in [2.24, 2.45) is 16.6 Å². The standard InChI is InChI=1S/C17H25N3OS/c1-4-12(5-2)15(21)19-14-8-6-7-13(11-14)17(3)9-10-22-16(18)20-17/h6-8,11-12H,4-5,9-10H2,1-3H3,(H2,18,20)(H,19,21). The molecule has 0 bridgehead atoms. The predicted molar refractivity (Wildman–Crippen MR) is 95.2 cm³/mol. The summed E-state index contributed by atoms with van der Waals surface area (Å²) < 4.78 is 0. The van der Waals surface area contributed by atoms with Crippen LogP contribution in [0.1, 0.15) is 45.6 Å². The molecule has 5 heteroatoms. The van der Waals surface area contributed by atoms with Gasteiger partial charge < -0.3 is 11.1 Å². The highest BCUT2D eigenvalue weighted by molar-refractivity contribution is 8.13. The van der Waals surface area contributed by atoms with Crippen LogP contribution < -0.4 is 11.1 Å². The molecule has 22 heavy (non-hydrogen) atoms. The van der Waals surface area contributed by atoms with Crippen molar-refractivity contribution in [2.45, 2.75) is 45.6 Å². The van der Waals surface area contributed by atoms with Crippen LogP contribution in [-0.2, 0) is 10.3 Å². The number of hydrogen-bond acceptors (Lipinski definition) is 4. The van der Waals surface area contributed by atoms with Gasteiger partial charge in [0.2, 0.25) is 5.91 Å². The molecule has 1 aromatic carbocycles. The minimum atomic E-state index is -0.301. The minimum Gasteiger partial charge on any atom is -0.379 e. The molecule has 0 aliphatic carbocycles. The van der Waals surface area contributed by atoms with Crippen LogP contribution in [0.5, 0.6) is 0 Å². The van der Waals surface area contributed by atoms with Gasteiger partial charge >= 0.3 is 0 Å². The van der Waals surface area contributed by atoms with Crippen LogP contribution in [0.25, 0.3) is 0 Å². The lowest BCUT2D eigenvalue weighted by Crippen LogP contribution is -2.29. The van der Waals surface area contributed by atoms with Gasteiger partial charge in [-0.25, -0.2) is 0 Å². The lowest BCUT2D eigenvalue weighted by atomic mass is 9.89. The van der Waals surface area contributed by atoms with Crippen molar-refractivity contribution in [1.29, 1.82) is 0 Å². The maximum absolute atomic E-state index is 12.2. The van der Waals surface area contributed by atoms with Crippen LogP contribution in [-0.4, -0.2) is 16.8 Å². The Morgan fingerprint density at radius 3 is 2.82 bits per heavy atom. The number of rotatable bonds is 5. The molecular formula is C17H25N3OS. The van der Waals surface area contributed by atoms with E-state index in [4.69, 9.17) is 5.73 Å². The Kier molecular flexibility index (Phi) is 5.51. The number of nitrogens with two attached hydrogens (primary N) is 1. The summed E-state index contributed by atoms with van der Waals surface area (Å²) in [6.45, 7) is 6.19. The molecule has 1 amide bonds. The molecule has 2 rings (SSSR count). The average molecular weight is 319 g/mol. The fraction of sp³-hybridized carbons (Fsp3) is 0.529. The molecule has 3 N–H and O–H groups in total. The van der Waals surface area contributed by atoms with Gasteiger partial charge in [0.15, 0.2) is 5.17 Å². The number of carbonyl (C=O) groups is 1. The highest BCUT2D eigenvalue weighted by atomic mass is 32.2.